The topological polar surface area (TPSA) is 88.0 Å². The van der Waals surface area contributed by atoms with E-state index in [1.54, 1.807) is 6.07 Å². The van der Waals surface area contributed by atoms with Gasteiger partial charge in [0.1, 0.15) is 0 Å². The van der Waals surface area contributed by atoms with Crippen LogP contribution in [-0.4, -0.2) is 19.9 Å². The van der Waals surface area contributed by atoms with Gasteiger partial charge in [0.2, 0.25) is 10.0 Å². The van der Waals surface area contributed by atoms with Crippen molar-refractivity contribution in [2.45, 2.75) is 44.6 Å². The second-order valence-corrected chi connectivity index (χ2v) is 6.62. The van der Waals surface area contributed by atoms with E-state index in [0.717, 1.165) is 25.0 Å². The fourth-order valence-electron chi connectivity index (χ4n) is 1.66. The van der Waals surface area contributed by atoms with Crippen molar-refractivity contribution >= 4 is 10.0 Å². The fraction of sp³-hybridized carbons (Fsp3) is 0.667. The summed E-state index contributed by atoms with van der Waals surface area (Å²) in [5.41, 5.74) is 6.15. The van der Waals surface area contributed by atoms with Crippen LogP contribution in [0.25, 0.3) is 0 Å². The Morgan fingerprint density at radius 2 is 2.11 bits per heavy atom. The van der Waals surface area contributed by atoms with Gasteiger partial charge in [-0.25, -0.2) is 13.1 Å². The van der Waals surface area contributed by atoms with Crippen LogP contribution >= 0.6 is 0 Å². The third-order valence-corrected chi connectivity index (χ3v) is 4.19. The molecule has 0 saturated carbocycles. The molecule has 0 saturated heterocycles. The molecule has 0 bridgehead atoms. The van der Waals surface area contributed by atoms with Crippen molar-refractivity contribution < 1.29 is 8.42 Å². The third kappa shape index (κ3) is 4.80. The van der Waals surface area contributed by atoms with Gasteiger partial charge in [0.15, 0.2) is 0 Å². The molecule has 0 atom stereocenters. The molecule has 18 heavy (non-hydrogen) atoms. The summed E-state index contributed by atoms with van der Waals surface area (Å²) in [6.07, 6.45) is 4.51. The van der Waals surface area contributed by atoms with E-state index in [-0.39, 0.29) is 4.90 Å². The summed E-state index contributed by atoms with van der Waals surface area (Å²) in [4.78, 5) is 3.09. The summed E-state index contributed by atoms with van der Waals surface area (Å²) in [5.74, 6) is 0.665. The first kappa shape index (κ1) is 15.2. The number of nitrogens with two attached hydrogens (primary N) is 1. The van der Waals surface area contributed by atoms with Crippen molar-refractivity contribution in [1.29, 1.82) is 0 Å². The van der Waals surface area contributed by atoms with Gasteiger partial charge >= 0.3 is 0 Å². The molecule has 1 aromatic rings. The van der Waals surface area contributed by atoms with Crippen molar-refractivity contribution in [3.05, 3.63) is 18.0 Å². The van der Waals surface area contributed by atoms with Crippen molar-refractivity contribution in [3.8, 4) is 0 Å². The number of nitrogens with one attached hydrogen (secondary N) is 2. The number of hydrogen-bond acceptors (Lipinski definition) is 3. The van der Waals surface area contributed by atoms with E-state index >= 15 is 0 Å². The largest absolute Gasteiger partial charge is 0.363 e. The van der Waals surface area contributed by atoms with Crippen LogP contribution in [0.4, 0.5) is 0 Å². The first-order valence-corrected chi connectivity index (χ1v) is 7.81. The lowest BCUT2D eigenvalue weighted by molar-refractivity contribution is 0.530. The smallest absolute Gasteiger partial charge is 0.242 e. The van der Waals surface area contributed by atoms with Gasteiger partial charge in [0.05, 0.1) is 4.90 Å². The molecule has 6 heteroatoms. The standard InChI is InChI=1S/C12H23N3O2S/c1-10(2)5-3-4-6-15-18(16,17)12-7-11(8-13)14-9-12/h7,9-10,14-15H,3-6,8,13H2,1-2H3. The maximum Gasteiger partial charge on any atom is 0.242 e. The lowest BCUT2D eigenvalue weighted by Gasteiger charge is -2.06. The van der Waals surface area contributed by atoms with Gasteiger partial charge in [-0.05, 0) is 18.4 Å². The molecule has 0 unspecified atom stereocenters. The van der Waals surface area contributed by atoms with Gasteiger partial charge in [-0.1, -0.05) is 26.7 Å². The average Bonchev–Trinajstić information content (AvgIpc) is 2.77. The minimum Gasteiger partial charge on any atom is -0.363 e. The number of H-pyrrole nitrogens is 1. The zero-order valence-electron chi connectivity index (χ0n) is 11.1. The van der Waals surface area contributed by atoms with Crippen molar-refractivity contribution in [3.63, 3.8) is 0 Å². The Morgan fingerprint density at radius 3 is 2.67 bits per heavy atom. The van der Waals surface area contributed by atoms with Crippen LogP contribution in [0.15, 0.2) is 17.2 Å². The third-order valence-electron chi connectivity index (χ3n) is 2.75. The maximum absolute atomic E-state index is 11.9. The zero-order valence-corrected chi connectivity index (χ0v) is 11.9. The Labute approximate surface area is 109 Å². The SMILES string of the molecule is CC(C)CCCCNS(=O)(=O)c1c[nH]c(CN)c1. The molecule has 0 radical (unpaired) electrons. The Kier molecular flexibility index (Phi) is 5.84. The fourth-order valence-corrected chi connectivity index (χ4v) is 2.75. The highest BCUT2D eigenvalue weighted by atomic mass is 32.2. The molecule has 0 amide bonds. The summed E-state index contributed by atoms with van der Waals surface area (Å²) in [5, 5.41) is 0. The predicted octanol–water partition coefficient (Wildman–Crippen LogP) is 1.58. The van der Waals surface area contributed by atoms with Crippen LogP contribution < -0.4 is 10.5 Å². The molecular formula is C12H23N3O2S. The minimum atomic E-state index is -3.39. The summed E-state index contributed by atoms with van der Waals surface area (Å²) in [6, 6.07) is 1.57. The van der Waals surface area contributed by atoms with Crippen LogP contribution in [0.1, 0.15) is 38.8 Å². The molecule has 0 aliphatic heterocycles. The molecule has 104 valence electrons. The molecule has 0 fully saturated rings. The Balaban J connectivity index is 2.40. The number of aromatic nitrogens is 1. The quantitative estimate of drug-likeness (QED) is 0.628. The van der Waals surface area contributed by atoms with E-state index < -0.39 is 10.0 Å². The highest BCUT2D eigenvalue weighted by Crippen LogP contribution is 2.11. The Bertz CT molecular complexity index is 452. The van der Waals surface area contributed by atoms with Gasteiger partial charge in [0, 0.05) is 25.0 Å². The predicted molar refractivity (Wildman–Crippen MR) is 72.6 cm³/mol. The van der Waals surface area contributed by atoms with E-state index in [9.17, 15) is 8.42 Å². The maximum atomic E-state index is 11.9. The second kappa shape index (κ2) is 6.92. The normalized spacial score (nSPS) is 12.2. The minimum absolute atomic E-state index is 0.256. The highest BCUT2D eigenvalue weighted by molar-refractivity contribution is 7.89. The highest BCUT2D eigenvalue weighted by Gasteiger charge is 2.14. The first-order chi connectivity index (χ1) is 8.45. The summed E-state index contributed by atoms with van der Waals surface area (Å²) >= 11 is 0. The molecule has 5 nitrogen and oxygen atoms in total. The van der Waals surface area contributed by atoms with E-state index in [2.05, 4.69) is 23.6 Å². The molecule has 1 heterocycles. The first-order valence-electron chi connectivity index (χ1n) is 6.32. The lowest BCUT2D eigenvalue weighted by Crippen LogP contribution is -2.24. The zero-order chi connectivity index (χ0) is 13.6. The van der Waals surface area contributed by atoms with E-state index in [1.165, 1.54) is 6.20 Å². The number of hydrogen-bond donors (Lipinski definition) is 3. The number of aromatic amines is 1. The molecule has 4 N–H and O–H groups in total. The second-order valence-electron chi connectivity index (χ2n) is 4.85. The Morgan fingerprint density at radius 1 is 1.39 bits per heavy atom. The Hall–Kier alpha value is -0.850. The monoisotopic (exact) mass is 273 g/mol. The van der Waals surface area contributed by atoms with Crippen molar-refractivity contribution in [2.24, 2.45) is 11.7 Å². The number of unbranched alkanes of at least 4 members (excludes halogenated alkanes) is 1. The van der Waals surface area contributed by atoms with Crippen LogP contribution in [-0.2, 0) is 16.6 Å². The van der Waals surface area contributed by atoms with E-state index in [0.29, 0.717) is 19.0 Å². The van der Waals surface area contributed by atoms with Gasteiger partial charge in [-0.3, -0.25) is 0 Å². The van der Waals surface area contributed by atoms with Crippen LogP contribution in [0.5, 0.6) is 0 Å². The van der Waals surface area contributed by atoms with Gasteiger partial charge in [-0.15, -0.1) is 0 Å². The number of rotatable bonds is 8. The molecule has 0 aliphatic rings. The molecule has 0 aliphatic carbocycles. The van der Waals surface area contributed by atoms with E-state index in [4.69, 9.17) is 5.73 Å². The van der Waals surface area contributed by atoms with E-state index in [1.807, 2.05) is 0 Å². The van der Waals surface area contributed by atoms with Crippen molar-refractivity contribution in [1.82, 2.24) is 9.71 Å². The molecule has 1 aromatic heterocycles. The van der Waals surface area contributed by atoms with Gasteiger partial charge < -0.3 is 10.7 Å². The van der Waals surface area contributed by atoms with Crippen LogP contribution in [0.2, 0.25) is 0 Å². The van der Waals surface area contributed by atoms with Gasteiger partial charge in [-0.2, -0.15) is 0 Å². The molecule has 0 aromatic carbocycles. The summed E-state index contributed by atoms with van der Waals surface area (Å²) in [6.45, 7) is 5.12. The van der Waals surface area contributed by atoms with Gasteiger partial charge in [0.25, 0.3) is 0 Å². The summed E-state index contributed by atoms with van der Waals surface area (Å²) in [7, 11) is -3.39. The molecular weight excluding hydrogens is 250 g/mol. The van der Waals surface area contributed by atoms with Crippen LogP contribution in [0.3, 0.4) is 0 Å². The van der Waals surface area contributed by atoms with Crippen molar-refractivity contribution in [2.75, 3.05) is 6.54 Å². The molecule has 0 spiro atoms. The van der Waals surface area contributed by atoms with Crippen LogP contribution in [0, 0.1) is 5.92 Å². The summed E-state index contributed by atoms with van der Waals surface area (Å²) < 4.78 is 26.4. The number of sulfonamides is 1. The molecule has 1 rings (SSSR count). The average molecular weight is 273 g/mol. The lowest BCUT2D eigenvalue weighted by atomic mass is 10.1.